The van der Waals surface area contributed by atoms with Crippen molar-refractivity contribution in [2.24, 2.45) is 0 Å². The number of benzene rings is 2. The lowest BCUT2D eigenvalue weighted by molar-refractivity contribution is 0.0523. The lowest BCUT2D eigenvalue weighted by Crippen LogP contribution is -2.14. The molecule has 0 unspecified atom stereocenters. The lowest BCUT2D eigenvalue weighted by atomic mass is 9.97. The largest absolute Gasteiger partial charge is 0.504 e. The number of phenolic OH excluding ortho intramolecular Hbond substituents is 1. The molecule has 0 atom stereocenters. The van der Waals surface area contributed by atoms with Crippen molar-refractivity contribution >= 4 is 11.8 Å². The second kappa shape index (κ2) is 6.91. The van der Waals surface area contributed by atoms with Crippen molar-refractivity contribution in [2.75, 3.05) is 13.7 Å². The van der Waals surface area contributed by atoms with Crippen molar-refractivity contribution in [1.82, 2.24) is 0 Å². The first-order valence-corrected chi connectivity index (χ1v) is 6.87. The van der Waals surface area contributed by atoms with Gasteiger partial charge in [0, 0.05) is 5.56 Å². The van der Waals surface area contributed by atoms with E-state index in [4.69, 9.17) is 9.47 Å². The maximum Gasteiger partial charge on any atom is 0.339 e. The number of esters is 1. The summed E-state index contributed by atoms with van der Waals surface area (Å²) in [6, 6.07) is 7.66. The van der Waals surface area contributed by atoms with Gasteiger partial charge in [0.15, 0.2) is 17.3 Å². The molecule has 5 nitrogen and oxygen atoms in total. The number of halogens is 1. The molecule has 0 saturated carbocycles. The predicted octanol–water partition coefficient (Wildman–Crippen LogP) is 2.95. The number of hydrogen-bond acceptors (Lipinski definition) is 5. The second-order valence-electron chi connectivity index (χ2n) is 4.60. The molecule has 6 heteroatoms. The first-order valence-electron chi connectivity index (χ1n) is 6.87. The van der Waals surface area contributed by atoms with Crippen molar-refractivity contribution in [3.05, 3.63) is 58.9 Å². The molecule has 2 aromatic rings. The molecule has 0 aliphatic rings. The Hall–Kier alpha value is -2.89. The van der Waals surface area contributed by atoms with E-state index in [1.54, 1.807) is 6.92 Å². The van der Waals surface area contributed by atoms with Gasteiger partial charge in [0.1, 0.15) is 5.82 Å². The van der Waals surface area contributed by atoms with Crippen LogP contribution in [0.15, 0.2) is 36.4 Å². The van der Waals surface area contributed by atoms with Crippen LogP contribution in [-0.4, -0.2) is 30.6 Å². The smallest absolute Gasteiger partial charge is 0.339 e. The molecular formula is C17H15FO5. The molecule has 1 N–H and O–H groups in total. The lowest BCUT2D eigenvalue weighted by Gasteiger charge is -2.12. The van der Waals surface area contributed by atoms with Gasteiger partial charge in [-0.3, -0.25) is 4.79 Å². The fourth-order valence-electron chi connectivity index (χ4n) is 2.09. The van der Waals surface area contributed by atoms with Gasteiger partial charge in [0.25, 0.3) is 0 Å². The van der Waals surface area contributed by atoms with E-state index < -0.39 is 17.6 Å². The van der Waals surface area contributed by atoms with E-state index in [1.807, 2.05) is 0 Å². The third kappa shape index (κ3) is 3.31. The Bertz CT molecular complexity index is 755. The minimum Gasteiger partial charge on any atom is -0.504 e. The van der Waals surface area contributed by atoms with Crippen molar-refractivity contribution in [3.8, 4) is 11.5 Å². The molecule has 0 saturated heterocycles. The van der Waals surface area contributed by atoms with Crippen LogP contribution in [0.3, 0.4) is 0 Å². The van der Waals surface area contributed by atoms with Gasteiger partial charge >= 0.3 is 5.97 Å². The molecule has 0 amide bonds. The number of hydrogen-bond donors (Lipinski definition) is 1. The summed E-state index contributed by atoms with van der Waals surface area (Å²) in [5, 5.41) is 9.87. The van der Waals surface area contributed by atoms with Crippen molar-refractivity contribution < 1.29 is 28.6 Å². The van der Waals surface area contributed by atoms with Crippen LogP contribution in [0.5, 0.6) is 11.5 Å². The maximum absolute atomic E-state index is 13.8. The molecule has 0 aromatic heterocycles. The van der Waals surface area contributed by atoms with Gasteiger partial charge in [-0.05, 0) is 31.2 Å². The summed E-state index contributed by atoms with van der Waals surface area (Å²) in [6.07, 6.45) is 0. The van der Waals surface area contributed by atoms with E-state index in [2.05, 4.69) is 0 Å². The molecule has 0 bridgehead atoms. The Labute approximate surface area is 132 Å². The molecule has 2 rings (SSSR count). The number of rotatable bonds is 5. The molecule has 120 valence electrons. The SMILES string of the molecule is CCOC(=O)c1cc(OC)c(O)cc1C(=O)c1ccccc1F. The molecule has 2 aromatic carbocycles. The molecule has 0 fully saturated rings. The van der Waals surface area contributed by atoms with E-state index in [-0.39, 0.29) is 34.8 Å². The minimum absolute atomic E-state index is 0.0122. The summed E-state index contributed by atoms with van der Waals surface area (Å²) in [5.74, 6) is -2.53. The Morgan fingerprint density at radius 1 is 1.13 bits per heavy atom. The van der Waals surface area contributed by atoms with E-state index in [0.717, 1.165) is 12.1 Å². The summed E-state index contributed by atoms with van der Waals surface area (Å²) in [7, 11) is 1.31. The van der Waals surface area contributed by atoms with Gasteiger partial charge in [-0.25, -0.2) is 9.18 Å². The highest BCUT2D eigenvalue weighted by Crippen LogP contribution is 2.31. The Morgan fingerprint density at radius 3 is 2.43 bits per heavy atom. The van der Waals surface area contributed by atoms with E-state index in [9.17, 15) is 19.1 Å². The fraction of sp³-hybridized carbons (Fsp3) is 0.176. The third-order valence-corrected chi connectivity index (χ3v) is 3.18. The van der Waals surface area contributed by atoms with Crippen LogP contribution >= 0.6 is 0 Å². The summed E-state index contributed by atoms with van der Waals surface area (Å²) in [6.45, 7) is 1.73. The molecule has 0 radical (unpaired) electrons. The second-order valence-corrected chi connectivity index (χ2v) is 4.60. The standard InChI is InChI=1S/C17H15FO5/c1-3-23-17(21)12-9-15(22-2)14(19)8-11(12)16(20)10-6-4-5-7-13(10)18/h4-9,19H,3H2,1-2H3. The normalized spacial score (nSPS) is 10.2. The van der Waals surface area contributed by atoms with Gasteiger partial charge in [-0.1, -0.05) is 12.1 Å². The zero-order chi connectivity index (χ0) is 17.0. The topological polar surface area (TPSA) is 72.8 Å². The summed E-state index contributed by atoms with van der Waals surface area (Å²) >= 11 is 0. The number of phenols is 1. The van der Waals surface area contributed by atoms with Crippen LogP contribution in [0.2, 0.25) is 0 Å². The number of ketones is 1. The Balaban J connectivity index is 2.60. The van der Waals surface area contributed by atoms with Gasteiger partial charge in [0.2, 0.25) is 0 Å². The van der Waals surface area contributed by atoms with Crippen LogP contribution in [-0.2, 0) is 4.74 Å². The van der Waals surface area contributed by atoms with Gasteiger partial charge < -0.3 is 14.6 Å². The van der Waals surface area contributed by atoms with Crippen molar-refractivity contribution in [1.29, 1.82) is 0 Å². The van der Waals surface area contributed by atoms with Gasteiger partial charge in [-0.15, -0.1) is 0 Å². The van der Waals surface area contributed by atoms with Gasteiger partial charge in [-0.2, -0.15) is 0 Å². The minimum atomic E-state index is -0.759. The average Bonchev–Trinajstić information content (AvgIpc) is 2.54. The van der Waals surface area contributed by atoms with E-state index in [1.165, 1.54) is 31.4 Å². The molecule has 0 spiro atoms. The van der Waals surface area contributed by atoms with E-state index >= 15 is 0 Å². The van der Waals surface area contributed by atoms with E-state index in [0.29, 0.717) is 0 Å². The number of aromatic hydroxyl groups is 1. The van der Waals surface area contributed by atoms with Gasteiger partial charge in [0.05, 0.1) is 24.8 Å². The quantitative estimate of drug-likeness (QED) is 0.678. The highest BCUT2D eigenvalue weighted by atomic mass is 19.1. The number of methoxy groups -OCH3 is 1. The first kappa shape index (κ1) is 16.5. The third-order valence-electron chi connectivity index (χ3n) is 3.18. The first-order chi connectivity index (χ1) is 11.0. The highest BCUT2D eigenvalue weighted by molar-refractivity contribution is 6.15. The molecule has 23 heavy (non-hydrogen) atoms. The maximum atomic E-state index is 13.8. The van der Waals surface area contributed by atoms with Crippen LogP contribution in [0.4, 0.5) is 4.39 Å². The Morgan fingerprint density at radius 2 is 1.83 bits per heavy atom. The number of ether oxygens (including phenoxy) is 2. The van der Waals surface area contributed by atoms with Crippen molar-refractivity contribution in [3.63, 3.8) is 0 Å². The predicted molar refractivity (Wildman–Crippen MR) is 80.4 cm³/mol. The zero-order valence-electron chi connectivity index (χ0n) is 12.6. The number of carbonyl (C=O) groups excluding carboxylic acids is 2. The van der Waals surface area contributed by atoms with Crippen LogP contribution in [0.25, 0.3) is 0 Å². The zero-order valence-corrected chi connectivity index (χ0v) is 12.6. The molecule has 0 aliphatic carbocycles. The highest BCUT2D eigenvalue weighted by Gasteiger charge is 2.24. The Kier molecular flexibility index (Phi) is 4.95. The van der Waals surface area contributed by atoms with Crippen LogP contribution in [0, 0.1) is 5.82 Å². The average molecular weight is 318 g/mol. The number of carbonyl (C=O) groups is 2. The molecule has 0 aliphatic heterocycles. The molecule has 0 heterocycles. The monoisotopic (exact) mass is 318 g/mol. The van der Waals surface area contributed by atoms with Crippen LogP contribution in [0.1, 0.15) is 33.2 Å². The van der Waals surface area contributed by atoms with Crippen molar-refractivity contribution in [2.45, 2.75) is 6.92 Å². The molecular weight excluding hydrogens is 303 g/mol. The summed E-state index contributed by atoms with van der Waals surface area (Å²) < 4.78 is 23.7. The summed E-state index contributed by atoms with van der Waals surface area (Å²) in [5.41, 5.74) is -0.468. The fourth-order valence-corrected chi connectivity index (χ4v) is 2.09. The summed E-state index contributed by atoms with van der Waals surface area (Å²) in [4.78, 5) is 24.6. The van der Waals surface area contributed by atoms with Crippen LogP contribution < -0.4 is 4.74 Å².